The van der Waals surface area contributed by atoms with Crippen molar-refractivity contribution in [2.75, 3.05) is 5.32 Å². The SMILES string of the molecule is Cc1[nH]c(SC(C)C(=O)Nc2ccc3[nH]c(=O)[nH]c3c2)nc1Cc1ccccc1. The molecule has 0 saturated carbocycles. The number of imidazole rings is 2. The number of aromatic nitrogens is 4. The Bertz CT molecular complexity index is 1210. The van der Waals surface area contributed by atoms with Gasteiger partial charge < -0.3 is 20.3 Å². The van der Waals surface area contributed by atoms with E-state index in [4.69, 9.17) is 0 Å². The lowest BCUT2D eigenvalue weighted by molar-refractivity contribution is -0.115. The van der Waals surface area contributed by atoms with Gasteiger partial charge in [0.15, 0.2) is 5.16 Å². The Hall–Kier alpha value is -3.26. The molecule has 2 heterocycles. The van der Waals surface area contributed by atoms with Crippen LogP contribution in [-0.4, -0.2) is 31.1 Å². The fourth-order valence-electron chi connectivity index (χ4n) is 3.06. The van der Waals surface area contributed by atoms with Crippen molar-refractivity contribution in [1.29, 1.82) is 0 Å². The standard InChI is InChI=1S/C21H21N5O2S/c1-12-17(10-14-6-4-3-5-7-14)26-21(22-12)29-13(2)19(27)23-15-8-9-16-18(11-15)25-20(28)24-16/h3-9,11,13H,10H2,1-2H3,(H,22,26)(H,23,27)(H2,24,25,28). The molecule has 2 aromatic heterocycles. The van der Waals surface area contributed by atoms with Crippen LogP contribution in [0.3, 0.4) is 0 Å². The molecular formula is C21H21N5O2S. The van der Waals surface area contributed by atoms with Gasteiger partial charge in [-0.25, -0.2) is 9.78 Å². The van der Waals surface area contributed by atoms with Crippen molar-refractivity contribution in [2.45, 2.75) is 30.7 Å². The number of carbonyl (C=O) groups is 1. The minimum absolute atomic E-state index is 0.133. The summed E-state index contributed by atoms with van der Waals surface area (Å²) < 4.78 is 0. The lowest BCUT2D eigenvalue weighted by atomic mass is 10.1. The van der Waals surface area contributed by atoms with E-state index in [0.29, 0.717) is 16.7 Å². The summed E-state index contributed by atoms with van der Waals surface area (Å²) in [6, 6.07) is 15.4. The smallest absolute Gasteiger partial charge is 0.323 e. The molecule has 1 unspecified atom stereocenters. The van der Waals surface area contributed by atoms with Gasteiger partial charge in [0.2, 0.25) is 5.91 Å². The highest BCUT2D eigenvalue weighted by atomic mass is 32.2. The van der Waals surface area contributed by atoms with Gasteiger partial charge in [-0.3, -0.25) is 4.79 Å². The maximum atomic E-state index is 12.6. The number of nitrogens with one attached hydrogen (secondary N) is 4. The molecule has 148 valence electrons. The molecular weight excluding hydrogens is 386 g/mol. The monoisotopic (exact) mass is 407 g/mol. The number of H-pyrrole nitrogens is 3. The van der Waals surface area contributed by atoms with Crippen LogP contribution in [0.15, 0.2) is 58.5 Å². The highest BCUT2D eigenvalue weighted by Crippen LogP contribution is 2.24. The molecule has 0 bridgehead atoms. The number of benzene rings is 2. The van der Waals surface area contributed by atoms with Gasteiger partial charge in [-0.15, -0.1) is 0 Å². The molecule has 0 aliphatic heterocycles. The predicted octanol–water partition coefficient (Wildman–Crippen LogP) is 3.60. The lowest BCUT2D eigenvalue weighted by Crippen LogP contribution is -2.22. The molecule has 2 aromatic carbocycles. The molecule has 0 saturated heterocycles. The van der Waals surface area contributed by atoms with Crippen LogP contribution in [0.5, 0.6) is 0 Å². The summed E-state index contributed by atoms with van der Waals surface area (Å²) in [6.45, 7) is 3.83. The number of anilines is 1. The molecule has 0 fully saturated rings. The first-order valence-electron chi connectivity index (χ1n) is 9.27. The zero-order valence-electron chi connectivity index (χ0n) is 16.1. The Morgan fingerprint density at radius 3 is 2.66 bits per heavy atom. The molecule has 0 aliphatic rings. The van der Waals surface area contributed by atoms with Crippen LogP contribution in [0.25, 0.3) is 11.0 Å². The van der Waals surface area contributed by atoms with Crippen LogP contribution in [0, 0.1) is 6.92 Å². The van der Waals surface area contributed by atoms with Gasteiger partial charge in [-0.1, -0.05) is 42.1 Å². The quantitative estimate of drug-likeness (QED) is 0.366. The number of nitrogens with zero attached hydrogens (tertiary/aromatic N) is 1. The maximum Gasteiger partial charge on any atom is 0.323 e. The zero-order chi connectivity index (χ0) is 20.4. The van der Waals surface area contributed by atoms with Gasteiger partial charge >= 0.3 is 5.69 Å². The van der Waals surface area contributed by atoms with Gasteiger partial charge in [0.25, 0.3) is 0 Å². The summed E-state index contributed by atoms with van der Waals surface area (Å²) in [5.74, 6) is -0.133. The average molecular weight is 407 g/mol. The molecule has 4 N–H and O–H groups in total. The van der Waals surface area contributed by atoms with Crippen molar-refractivity contribution >= 4 is 34.4 Å². The Kier molecular flexibility index (Phi) is 5.26. The fraction of sp³-hybridized carbons (Fsp3) is 0.190. The second-order valence-corrected chi connectivity index (χ2v) is 8.19. The average Bonchev–Trinajstić information content (AvgIpc) is 3.23. The van der Waals surface area contributed by atoms with E-state index in [1.807, 2.05) is 32.0 Å². The number of carbonyl (C=O) groups excluding carboxylic acids is 1. The molecule has 4 aromatic rings. The van der Waals surface area contributed by atoms with E-state index in [-0.39, 0.29) is 16.8 Å². The summed E-state index contributed by atoms with van der Waals surface area (Å²) in [5.41, 5.74) is 4.90. The topological polar surface area (TPSA) is 106 Å². The van der Waals surface area contributed by atoms with Gasteiger partial charge in [-0.2, -0.15) is 0 Å². The first-order chi connectivity index (χ1) is 14.0. The van der Waals surface area contributed by atoms with E-state index in [0.717, 1.165) is 23.0 Å². The van der Waals surface area contributed by atoms with Crippen LogP contribution in [0.2, 0.25) is 0 Å². The van der Waals surface area contributed by atoms with E-state index < -0.39 is 0 Å². The van der Waals surface area contributed by atoms with Crippen molar-refractivity contribution in [2.24, 2.45) is 0 Å². The third kappa shape index (κ3) is 4.43. The molecule has 7 nitrogen and oxygen atoms in total. The van der Waals surface area contributed by atoms with E-state index in [9.17, 15) is 9.59 Å². The molecule has 29 heavy (non-hydrogen) atoms. The minimum Gasteiger partial charge on any atom is -0.337 e. The van der Waals surface area contributed by atoms with E-state index >= 15 is 0 Å². The Morgan fingerprint density at radius 2 is 1.86 bits per heavy atom. The van der Waals surface area contributed by atoms with E-state index in [1.165, 1.54) is 17.3 Å². The first kappa shape index (κ1) is 19.1. The van der Waals surface area contributed by atoms with Crippen LogP contribution >= 0.6 is 11.8 Å². The van der Waals surface area contributed by atoms with Crippen LogP contribution < -0.4 is 11.0 Å². The van der Waals surface area contributed by atoms with Gasteiger partial charge in [0.05, 0.1) is 22.0 Å². The summed E-state index contributed by atoms with van der Waals surface area (Å²) in [6.07, 6.45) is 0.749. The number of aryl methyl sites for hydroxylation is 1. The number of rotatable bonds is 6. The zero-order valence-corrected chi connectivity index (χ0v) is 16.9. The van der Waals surface area contributed by atoms with E-state index in [1.54, 1.807) is 18.2 Å². The number of thioether (sulfide) groups is 1. The van der Waals surface area contributed by atoms with Crippen molar-refractivity contribution in [1.82, 2.24) is 19.9 Å². The van der Waals surface area contributed by atoms with Gasteiger partial charge in [0.1, 0.15) is 0 Å². The summed E-state index contributed by atoms with van der Waals surface area (Å²) in [7, 11) is 0. The lowest BCUT2D eigenvalue weighted by Gasteiger charge is -2.10. The van der Waals surface area contributed by atoms with E-state index in [2.05, 4.69) is 37.4 Å². The number of fused-ring (bicyclic) bond motifs is 1. The van der Waals surface area contributed by atoms with Crippen LogP contribution in [0.1, 0.15) is 23.9 Å². The Morgan fingerprint density at radius 1 is 1.10 bits per heavy atom. The molecule has 0 aliphatic carbocycles. The molecule has 1 atom stereocenters. The number of hydrogen-bond donors (Lipinski definition) is 4. The highest BCUT2D eigenvalue weighted by molar-refractivity contribution is 8.00. The normalized spacial score (nSPS) is 12.2. The van der Waals surface area contributed by atoms with Crippen LogP contribution in [-0.2, 0) is 11.2 Å². The second-order valence-electron chi connectivity index (χ2n) is 6.86. The largest absolute Gasteiger partial charge is 0.337 e. The molecule has 1 amide bonds. The van der Waals surface area contributed by atoms with Gasteiger partial charge in [-0.05, 0) is 37.6 Å². The maximum absolute atomic E-state index is 12.6. The molecule has 4 rings (SSSR count). The first-order valence-corrected chi connectivity index (χ1v) is 10.1. The van der Waals surface area contributed by atoms with Crippen molar-refractivity contribution in [3.8, 4) is 0 Å². The Balaban J connectivity index is 1.41. The molecule has 0 spiro atoms. The summed E-state index contributed by atoms with van der Waals surface area (Å²) in [5, 5.41) is 3.27. The summed E-state index contributed by atoms with van der Waals surface area (Å²) in [4.78, 5) is 37.3. The Labute approximate surface area is 171 Å². The van der Waals surface area contributed by atoms with Crippen LogP contribution in [0.4, 0.5) is 5.69 Å². The third-order valence-electron chi connectivity index (χ3n) is 4.62. The summed E-state index contributed by atoms with van der Waals surface area (Å²) >= 11 is 1.38. The number of amides is 1. The molecule has 8 heteroatoms. The van der Waals surface area contributed by atoms with Crippen molar-refractivity contribution in [3.05, 3.63) is 76.0 Å². The second kappa shape index (κ2) is 8.00. The fourth-order valence-corrected chi connectivity index (χ4v) is 3.93. The molecule has 0 radical (unpaired) electrons. The third-order valence-corrected chi connectivity index (χ3v) is 5.60. The number of aromatic amines is 3. The van der Waals surface area contributed by atoms with Crippen molar-refractivity contribution < 1.29 is 4.79 Å². The van der Waals surface area contributed by atoms with Crippen molar-refractivity contribution in [3.63, 3.8) is 0 Å². The number of hydrogen-bond acceptors (Lipinski definition) is 4. The van der Waals surface area contributed by atoms with Gasteiger partial charge in [0, 0.05) is 17.8 Å². The predicted molar refractivity (Wildman–Crippen MR) is 115 cm³/mol. The highest BCUT2D eigenvalue weighted by Gasteiger charge is 2.18. The minimum atomic E-state index is -0.342.